The molecule has 0 unspecified atom stereocenters. The number of rotatable bonds is 5. The van der Waals surface area contributed by atoms with Gasteiger partial charge in [-0.25, -0.2) is 4.98 Å². The molecular formula is C21H23ClN4OS. The smallest absolute Gasteiger partial charge is 0.251 e. The summed E-state index contributed by atoms with van der Waals surface area (Å²) in [6, 6.07) is 13.5. The third kappa shape index (κ3) is 4.29. The van der Waals surface area contributed by atoms with E-state index in [1.165, 1.54) is 0 Å². The number of hydrogen-bond acceptors (Lipinski definition) is 5. The Morgan fingerprint density at radius 3 is 2.75 bits per heavy atom. The van der Waals surface area contributed by atoms with Crippen molar-refractivity contribution in [3.63, 3.8) is 0 Å². The number of thiazole rings is 1. The Bertz CT molecular complexity index is 981. The summed E-state index contributed by atoms with van der Waals surface area (Å²) in [5, 5.41) is 4.85. The number of nitrogens with one attached hydrogen (secondary N) is 1. The molecule has 4 rings (SSSR count). The first-order valence-electron chi connectivity index (χ1n) is 9.47. The van der Waals surface area contributed by atoms with Crippen molar-refractivity contribution in [2.75, 3.05) is 44.2 Å². The van der Waals surface area contributed by atoms with E-state index in [2.05, 4.69) is 15.1 Å². The van der Waals surface area contributed by atoms with Crippen LogP contribution in [0.15, 0.2) is 42.5 Å². The number of fused-ring (bicyclic) bond motifs is 1. The molecule has 0 spiro atoms. The zero-order valence-electron chi connectivity index (χ0n) is 15.8. The van der Waals surface area contributed by atoms with E-state index in [9.17, 15) is 4.79 Å². The van der Waals surface area contributed by atoms with Gasteiger partial charge < -0.3 is 10.2 Å². The molecule has 0 saturated carbocycles. The van der Waals surface area contributed by atoms with Crippen molar-refractivity contribution in [3.05, 3.63) is 58.6 Å². The fourth-order valence-electron chi connectivity index (χ4n) is 3.43. The van der Waals surface area contributed by atoms with E-state index in [0.29, 0.717) is 6.54 Å². The molecule has 28 heavy (non-hydrogen) atoms. The minimum atomic E-state index is 0.00451. The van der Waals surface area contributed by atoms with Crippen molar-refractivity contribution in [1.82, 2.24) is 15.2 Å². The molecule has 0 radical (unpaired) electrons. The maximum Gasteiger partial charge on any atom is 0.251 e. The fraction of sp³-hybridized carbons (Fsp3) is 0.333. The largest absolute Gasteiger partial charge is 0.351 e. The van der Waals surface area contributed by atoms with E-state index in [0.717, 1.165) is 64.2 Å². The monoisotopic (exact) mass is 414 g/mol. The van der Waals surface area contributed by atoms with Gasteiger partial charge in [-0.3, -0.25) is 9.69 Å². The lowest BCUT2D eigenvalue weighted by Crippen LogP contribution is -2.48. The van der Waals surface area contributed by atoms with Crippen molar-refractivity contribution in [3.8, 4) is 0 Å². The molecule has 146 valence electrons. The van der Waals surface area contributed by atoms with Crippen molar-refractivity contribution in [2.24, 2.45) is 0 Å². The summed E-state index contributed by atoms with van der Waals surface area (Å²) >= 11 is 7.77. The molecule has 1 amide bonds. The highest BCUT2D eigenvalue weighted by atomic mass is 35.5. The average Bonchev–Trinajstić information content (AvgIpc) is 3.12. The molecule has 1 saturated heterocycles. The number of carbonyl (C=O) groups excluding carboxylic acids is 1. The van der Waals surface area contributed by atoms with E-state index in [1.54, 1.807) is 11.3 Å². The summed E-state index contributed by atoms with van der Waals surface area (Å²) in [7, 11) is 0. The molecule has 1 aromatic heterocycles. The van der Waals surface area contributed by atoms with Crippen LogP contribution in [0.5, 0.6) is 0 Å². The number of piperazine rings is 1. The molecule has 0 atom stereocenters. The Hall–Kier alpha value is -2.15. The molecule has 0 bridgehead atoms. The molecule has 1 N–H and O–H groups in total. The maximum atomic E-state index is 12.3. The molecule has 2 aromatic carbocycles. The Kier molecular flexibility index (Phi) is 5.80. The second-order valence-corrected chi connectivity index (χ2v) is 8.45. The lowest BCUT2D eigenvalue weighted by molar-refractivity contribution is 0.0947. The van der Waals surface area contributed by atoms with Crippen LogP contribution in [0.3, 0.4) is 0 Å². The molecular weight excluding hydrogens is 392 g/mol. The van der Waals surface area contributed by atoms with Gasteiger partial charge in [0, 0.05) is 49.9 Å². The van der Waals surface area contributed by atoms with Crippen LogP contribution >= 0.6 is 22.9 Å². The van der Waals surface area contributed by atoms with Crippen LogP contribution in [0, 0.1) is 6.92 Å². The van der Waals surface area contributed by atoms with E-state index in [-0.39, 0.29) is 5.91 Å². The van der Waals surface area contributed by atoms with Crippen LogP contribution in [0.25, 0.3) is 10.2 Å². The number of anilines is 1. The number of carbonyl (C=O) groups is 1. The second-order valence-electron chi connectivity index (χ2n) is 7.01. The van der Waals surface area contributed by atoms with Crippen LogP contribution in [0.1, 0.15) is 15.9 Å². The Labute approximate surface area is 173 Å². The van der Waals surface area contributed by atoms with Crippen molar-refractivity contribution in [2.45, 2.75) is 6.92 Å². The summed E-state index contributed by atoms with van der Waals surface area (Å²) in [5.41, 5.74) is 2.76. The maximum absolute atomic E-state index is 12.3. The quantitative estimate of drug-likeness (QED) is 0.689. The molecule has 1 aliphatic rings. The molecule has 7 heteroatoms. The zero-order chi connectivity index (χ0) is 19.5. The first-order valence-corrected chi connectivity index (χ1v) is 10.7. The summed E-state index contributed by atoms with van der Waals surface area (Å²) in [6.07, 6.45) is 0. The number of amides is 1. The van der Waals surface area contributed by atoms with Gasteiger partial charge in [0.25, 0.3) is 5.91 Å². The van der Waals surface area contributed by atoms with Crippen LogP contribution in [-0.4, -0.2) is 55.1 Å². The first kappa shape index (κ1) is 19.2. The van der Waals surface area contributed by atoms with E-state index in [4.69, 9.17) is 16.6 Å². The average molecular weight is 415 g/mol. The van der Waals surface area contributed by atoms with Gasteiger partial charge in [-0.1, -0.05) is 41.1 Å². The number of halogens is 1. The second kappa shape index (κ2) is 8.47. The Balaban J connectivity index is 1.26. The van der Waals surface area contributed by atoms with Gasteiger partial charge in [-0.15, -0.1) is 0 Å². The van der Waals surface area contributed by atoms with Gasteiger partial charge in [0.15, 0.2) is 5.13 Å². The highest BCUT2D eigenvalue weighted by Crippen LogP contribution is 2.31. The molecule has 5 nitrogen and oxygen atoms in total. The lowest BCUT2D eigenvalue weighted by Gasteiger charge is -2.34. The van der Waals surface area contributed by atoms with E-state index in [1.807, 2.05) is 49.4 Å². The third-order valence-corrected chi connectivity index (χ3v) is 6.40. The van der Waals surface area contributed by atoms with Crippen molar-refractivity contribution < 1.29 is 4.79 Å². The van der Waals surface area contributed by atoms with Gasteiger partial charge >= 0.3 is 0 Å². The van der Waals surface area contributed by atoms with Crippen LogP contribution in [0.2, 0.25) is 5.02 Å². The summed E-state index contributed by atoms with van der Waals surface area (Å²) in [6.45, 7) is 7.31. The molecule has 3 aromatic rings. The normalized spacial score (nSPS) is 15.1. The standard InChI is InChI=1S/C21H23ClN4OS/c1-15-4-2-3-5-17(15)20(27)23-8-9-25-10-12-26(13-11-25)21-24-18-7-6-16(22)14-19(18)28-21/h2-7,14H,8-13H2,1H3,(H,23,27). The van der Waals surface area contributed by atoms with E-state index < -0.39 is 0 Å². The van der Waals surface area contributed by atoms with Gasteiger partial charge in [-0.2, -0.15) is 0 Å². The highest BCUT2D eigenvalue weighted by Gasteiger charge is 2.20. The molecule has 2 heterocycles. The summed E-state index contributed by atoms with van der Waals surface area (Å²) in [5.74, 6) is 0.00451. The predicted octanol–water partition coefficient (Wildman–Crippen LogP) is 3.81. The highest BCUT2D eigenvalue weighted by molar-refractivity contribution is 7.22. The fourth-order valence-corrected chi connectivity index (χ4v) is 4.73. The van der Waals surface area contributed by atoms with Gasteiger partial charge in [0.1, 0.15) is 0 Å². The Morgan fingerprint density at radius 1 is 1.18 bits per heavy atom. The van der Waals surface area contributed by atoms with Gasteiger partial charge in [-0.05, 0) is 36.8 Å². The van der Waals surface area contributed by atoms with Crippen molar-refractivity contribution in [1.29, 1.82) is 0 Å². The SMILES string of the molecule is Cc1ccccc1C(=O)NCCN1CCN(c2nc3ccc(Cl)cc3s2)CC1. The first-order chi connectivity index (χ1) is 13.6. The summed E-state index contributed by atoms with van der Waals surface area (Å²) < 4.78 is 1.13. The van der Waals surface area contributed by atoms with Gasteiger partial charge in [0.05, 0.1) is 10.2 Å². The van der Waals surface area contributed by atoms with Gasteiger partial charge in [0.2, 0.25) is 0 Å². The molecule has 1 aliphatic heterocycles. The van der Waals surface area contributed by atoms with Crippen LogP contribution in [-0.2, 0) is 0 Å². The number of aromatic nitrogens is 1. The van der Waals surface area contributed by atoms with Crippen LogP contribution < -0.4 is 10.2 Å². The Morgan fingerprint density at radius 2 is 1.96 bits per heavy atom. The number of benzene rings is 2. The number of hydrogen-bond donors (Lipinski definition) is 1. The number of nitrogens with zero attached hydrogens (tertiary/aromatic N) is 3. The predicted molar refractivity (Wildman–Crippen MR) is 117 cm³/mol. The van der Waals surface area contributed by atoms with Crippen LogP contribution in [0.4, 0.5) is 5.13 Å². The third-order valence-electron chi connectivity index (χ3n) is 5.09. The molecule has 1 fully saturated rings. The minimum Gasteiger partial charge on any atom is -0.351 e. The lowest BCUT2D eigenvalue weighted by atomic mass is 10.1. The zero-order valence-corrected chi connectivity index (χ0v) is 17.4. The molecule has 0 aliphatic carbocycles. The minimum absolute atomic E-state index is 0.00451. The van der Waals surface area contributed by atoms with E-state index >= 15 is 0 Å². The summed E-state index contributed by atoms with van der Waals surface area (Å²) in [4.78, 5) is 21.8. The van der Waals surface area contributed by atoms with Crippen molar-refractivity contribution >= 4 is 44.2 Å². The topological polar surface area (TPSA) is 48.5 Å². The number of aryl methyl sites for hydroxylation is 1.